The number of nitrogens with one attached hydrogen (secondary N) is 1. The van der Waals surface area contributed by atoms with E-state index in [1.165, 1.54) is 0 Å². The molecule has 0 bridgehead atoms. The molecule has 1 atom stereocenters. The quantitative estimate of drug-likeness (QED) is 0.858. The molecule has 1 heterocycles. The lowest BCUT2D eigenvalue weighted by Gasteiger charge is -2.14. The molecule has 1 aliphatic rings. The number of carbonyl (C=O) groups excluding carboxylic acids is 2. The van der Waals surface area contributed by atoms with Gasteiger partial charge in [0, 0.05) is 0 Å². The maximum Gasteiger partial charge on any atom is 0.290 e. The number of carbonyl (C=O) groups is 2. The molecule has 1 fully saturated rings. The van der Waals surface area contributed by atoms with Crippen molar-refractivity contribution in [3.05, 3.63) is 33.7 Å². The van der Waals surface area contributed by atoms with Crippen molar-refractivity contribution in [3.63, 3.8) is 0 Å². The van der Waals surface area contributed by atoms with Crippen LogP contribution in [0.25, 0.3) is 6.08 Å². The largest absolute Gasteiger partial charge is 0.489 e. The minimum absolute atomic E-state index is 0.0884. The molecule has 0 aliphatic carbocycles. The summed E-state index contributed by atoms with van der Waals surface area (Å²) in [7, 11) is 0. The van der Waals surface area contributed by atoms with Gasteiger partial charge in [-0.15, -0.1) is 0 Å². The van der Waals surface area contributed by atoms with Crippen LogP contribution in [0.1, 0.15) is 25.8 Å². The molecule has 1 aliphatic heterocycles. The van der Waals surface area contributed by atoms with Crippen molar-refractivity contribution in [2.24, 2.45) is 0 Å². The molecular weight excluding hydrogens is 298 g/mol. The Morgan fingerprint density at radius 1 is 1.45 bits per heavy atom. The number of ether oxygens (including phenoxy) is 1. The van der Waals surface area contributed by atoms with Gasteiger partial charge in [-0.05, 0) is 48.9 Å². The van der Waals surface area contributed by atoms with E-state index in [9.17, 15) is 9.59 Å². The third-order valence-corrected chi connectivity index (χ3v) is 3.90. The zero-order valence-corrected chi connectivity index (χ0v) is 12.7. The van der Waals surface area contributed by atoms with Crippen LogP contribution in [0, 0.1) is 0 Å². The van der Waals surface area contributed by atoms with Crippen molar-refractivity contribution in [1.82, 2.24) is 5.32 Å². The Balaban J connectivity index is 2.19. The lowest BCUT2D eigenvalue weighted by molar-refractivity contribution is -0.115. The molecule has 1 N–H and O–H groups in total. The first-order valence-electron chi connectivity index (χ1n) is 6.20. The van der Waals surface area contributed by atoms with E-state index in [2.05, 4.69) is 5.32 Å². The Morgan fingerprint density at radius 2 is 2.20 bits per heavy atom. The van der Waals surface area contributed by atoms with Crippen LogP contribution in [-0.4, -0.2) is 17.3 Å². The van der Waals surface area contributed by atoms with Gasteiger partial charge in [-0.2, -0.15) is 0 Å². The maximum absolute atomic E-state index is 11.4. The highest BCUT2D eigenvalue weighted by Crippen LogP contribution is 2.30. The Bertz CT molecular complexity index is 586. The van der Waals surface area contributed by atoms with Crippen LogP contribution in [0.2, 0.25) is 5.02 Å². The van der Waals surface area contributed by atoms with Crippen LogP contribution >= 0.6 is 23.4 Å². The maximum atomic E-state index is 11.4. The minimum Gasteiger partial charge on any atom is -0.489 e. The normalized spacial score (nSPS) is 18.2. The summed E-state index contributed by atoms with van der Waals surface area (Å²) in [5.74, 6) is 0.235. The molecule has 0 radical (unpaired) electrons. The highest BCUT2D eigenvalue weighted by atomic mass is 35.5. The van der Waals surface area contributed by atoms with Gasteiger partial charge in [-0.1, -0.05) is 24.6 Å². The molecule has 0 aromatic heterocycles. The van der Waals surface area contributed by atoms with E-state index in [1.807, 2.05) is 13.8 Å². The number of thioether (sulfide) groups is 1. The Morgan fingerprint density at radius 3 is 2.75 bits per heavy atom. The minimum atomic E-state index is -0.379. The molecule has 0 spiro atoms. The van der Waals surface area contributed by atoms with E-state index >= 15 is 0 Å². The fraction of sp³-hybridized carbons (Fsp3) is 0.286. The average molecular weight is 312 g/mol. The van der Waals surface area contributed by atoms with Crippen LogP contribution in [-0.2, 0) is 4.79 Å². The summed E-state index contributed by atoms with van der Waals surface area (Å²) in [6.07, 6.45) is 2.61. The van der Waals surface area contributed by atoms with Gasteiger partial charge in [0.05, 0.1) is 16.0 Å². The zero-order valence-electron chi connectivity index (χ0n) is 11.1. The highest BCUT2D eigenvalue weighted by Gasteiger charge is 2.24. The van der Waals surface area contributed by atoms with E-state index in [4.69, 9.17) is 16.3 Å². The van der Waals surface area contributed by atoms with Crippen LogP contribution in [0.15, 0.2) is 23.1 Å². The molecule has 2 amide bonds. The SMILES string of the molecule is CC[C@H](C)Oc1ccc(/C=C2/SC(=O)NC2=O)cc1Cl. The fourth-order valence-corrected chi connectivity index (χ4v) is 2.49. The first-order valence-corrected chi connectivity index (χ1v) is 7.40. The number of benzene rings is 1. The van der Waals surface area contributed by atoms with Crippen LogP contribution in [0.4, 0.5) is 4.79 Å². The summed E-state index contributed by atoms with van der Waals surface area (Å²) >= 11 is 7.03. The molecule has 0 saturated carbocycles. The van der Waals surface area contributed by atoms with Crippen molar-refractivity contribution in [2.45, 2.75) is 26.4 Å². The molecule has 106 valence electrons. The first kappa shape index (κ1) is 14.9. The number of hydrogen-bond acceptors (Lipinski definition) is 4. The fourth-order valence-electron chi connectivity index (χ4n) is 1.57. The van der Waals surface area contributed by atoms with E-state index in [1.54, 1.807) is 24.3 Å². The van der Waals surface area contributed by atoms with E-state index in [0.29, 0.717) is 15.7 Å². The van der Waals surface area contributed by atoms with E-state index in [-0.39, 0.29) is 17.3 Å². The van der Waals surface area contributed by atoms with Gasteiger partial charge in [0.25, 0.3) is 11.1 Å². The monoisotopic (exact) mass is 311 g/mol. The number of amides is 2. The van der Waals surface area contributed by atoms with Gasteiger partial charge in [0.15, 0.2) is 0 Å². The van der Waals surface area contributed by atoms with Gasteiger partial charge in [0.2, 0.25) is 0 Å². The number of hydrogen-bond donors (Lipinski definition) is 1. The van der Waals surface area contributed by atoms with E-state index < -0.39 is 0 Å². The van der Waals surface area contributed by atoms with Gasteiger partial charge in [-0.25, -0.2) is 0 Å². The Hall–Kier alpha value is -1.46. The summed E-state index contributed by atoms with van der Waals surface area (Å²) in [6, 6.07) is 5.27. The molecule has 1 saturated heterocycles. The summed E-state index contributed by atoms with van der Waals surface area (Å²) in [5, 5.41) is 2.33. The Kier molecular flexibility index (Phi) is 4.73. The molecule has 6 heteroatoms. The molecule has 20 heavy (non-hydrogen) atoms. The second kappa shape index (κ2) is 6.33. The number of halogens is 1. The van der Waals surface area contributed by atoms with Gasteiger partial charge < -0.3 is 4.74 Å². The van der Waals surface area contributed by atoms with Crippen molar-refractivity contribution in [3.8, 4) is 5.75 Å². The molecule has 2 rings (SSSR count). The second-order valence-electron chi connectivity index (χ2n) is 4.38. The summed E-state index contributed by atoms with van der Waals surface area (Å²) in [5.41, 5.74) is 0.749. The van der Waals surface area contributed by atoms with Crippen molar-refractivity contribution in [2.75, 3.05) is 0 Å². The van der Waals surface area contributed by atoms with Crippen molar-refractivity contribution < 1.29 is 14.3 Å². The van der Waals surface area contributed by atoms with Crippen molar-refractivity contribution >= 4 is 40.6 Å². The molecule has 1 aromatic carbocycles. The van der Waals surface area contributed by atoms with Crippen LogP contribution in [0.5, 0.6) is 5.75 Å². The molecule has 0 unspecified atom stereocenters. The standard InChI is InChI=1S/C14H14ClNO3S/c1-3-8(2)19-11-5-4-9(6-10(11)15)7-12-13(17)16-14(18)20-12/h4-8H,3H2,1-2H3,(H,16,17,18)/b12-7+/t8-/m0/s1. The Labute approximate surface area is 126 Å². The van der Waals surface area contributed by atoms with E-state index in [0.717, 1.165) is 23.7 Å². The smallest absolute Gasteiger partial charge is 0.290 e. The second-order valence-corrected chi connectivity index (χ2v) is 5.80. The molecular formula is C14H14ClNO3S. The van der Waals surface area contributed by atoms with Crippen LogP contribution < -0.4 is 10.1 Å². The summed E-state index contributed by atoms with van der Waals surface area (Å²) in [6.45, 7) is 4.00. The van der Waals surface area contributed by atoms with Crippen molar-refractivity contribution in [1.29, 1.82) is 0 Å². The van der Waals surface area contributed by atoms with Gasteiger partial charge in [-0.3, -0.25) is 14.9 Å². The number of rotatable bonds is 4. The molecule has 1 aromatic rings. The highest BCUT2D eigenvalue weighted by molar-refractivity contribution is 8.18. The predicted molar refractivity (Wildman–Crippen MR) is 80.9 cm³/mol. The summed E-state index contributed by atoms with van der Waals surface area (Å²) in [4.78, 5) is 22.9. The topological polar surface area (TPSA) is 55.4 Å². The lowest BCUT2D eigenvalue weighted by Crippen LogP contribution is -2.17. The predicted octanol–water partition coefficient (Wildman–Crippen LogP) is 3.84. The third-order valence-electron chi connectivity index (χ3n) is 2.80. The first-order chi connectivity index (χ1) is 9.49. The molecule has 4 nitrogen and oxygen atoms in total. The number of imide groups is 1. The average Bonchev–Trinajstić information content (AvgIpc) is 2.71. The van der Waals surface area contributed by atoms with Crippen LogP contribution in [0.3, 0.4) is 0 Å². The van der Waals surface area contributed by atoms with Gasteiger partial charge >= 0.3 is 0 Å². The van der Waals surface area contributed by atoms with Gasteiger partial charge in [0.1, 0.15) is 5.75 Å². The zero-order chi connectivity index (χ0) is 14.7. The lowest BCUT2D eigenvalue weighted by atomic mass is 10.2. The third kappa shape index (κ3) is 3.55. The summed E-state index contributed by atoms with van der Waals surface area (Å²) < 4.78 is 5.67.